The maximum atomic E-state index is 11.4. The number of pyridine rings is 1. The maximum Gasteiger partial charge on any atom is 0.271 e. The lowest BCUT2D eigenvalue weighted by Gasteiger charge is -2.29. The van der Waals surface area contributed by atoms with E-state index in [4.69, 9.17) is 23.8 Å². The van der Waals surface area contributed by atoms with Crippen molar-refractivity contribution >= 4 is 40.3 Å². The van der Waals surface area contributed by atoms with Gasteiger partial charge in [-0.1, -0.05) is 23.7 Å². The lowest BCUT2D eigenvalue weighted by atomic mass is 10.0. The summed E-state index contributed by atoms with van der Waals surface area (Å²) >= 11 is 12.0. The molecule has 3 heterocycles. The second-order valence-corrected chi connectivity index (χ2v) is 8.53. The molecule has 0 radical (unpaired) electrons. The summed E-state index contributed by atoms with van der Waals surface area (Å²) in [5, 5.41) is 26.2. The van der Waals surface area contributed by atoms with E-state index in [0.717, 1.165) is 11.4 Å². The van der Waals surface area contributed by atoms with Crippen LogP contribution < -0.4 is 10.2 Å². The van der Waals surface area contributed by atoms with E-state index >= 15 is 0 Å². The number of phenols is 1. The van der Waals surface area contributed by atoms with Crippen LogP contribution in [0.3, 0.4) is 0 Å². The van der Waals surface area contributed by atoms with E-state index in [1.165, 1.54) is 18.2 Å². The summed E-state index contributed by atoms with van der Waals surface area (Å²) in [6.07, 6.45) is 3.54. The number of aromatic hydroxyl groups is 1. The van der Waals surface area contributed by atoms with Gasteiger partial charge < -0.3 is 19.9 Å². The number of non-ortho nitro benzene ring substituents is 1. The fraction of sp³-hybridized carbons (Fsp3) is 0.0833. The third-order valence-electron chi connectivity index (χ3n) is 5.70. The Balaban J connectivity index is 1.69. The molecule has 1 aliphatic rings. The van der Waals surface area contributed by atoms with Gasteiger partial charge in [-0.3, -0.25) is 15.1 Å². The predicted molar refractivity (Wildman–Crippen MR) is 133 cm³/mol. The van der Waals surface area contributed by atoms with Crippen LogP contribution in [0.4, 0.5) is 11.4 Å². The number of rotatable bonds is 5. The summed E-state index contributed by atoms with van der Waals surface area (Å²) in [5.41, 5.74) is 2.61. The molecule has 1 saturated heterocycles. The van der Waals surface area contributed by atoms with Crippen molar-refractivity contribution in [1.29, 1.82) is 0 Å². The normalized spacial score (nSPS) is 17.6. The lowest BCUT2D eigenvalue weighted by Crippen LogP contribution is -2.30. The molecule has 34 heavy (non-hydrogen) atoms. The van der Waals surface area contributed by atoms with Gasteiger partial charge in [0, 0.05) is 35.2 Å². The fourth-order valence-corrected chi connectivity index (χ4v) is 4.74. The van der Waals surface area contributed by atoms with E-state index in [-0.39, 0.29) is 17.5 Å². The van der Waals surface area contributed by atoms with Gasteiger partial charge in [0.05, 0.1) is 28.0 Å². The van der Waals surface area contributed by atoms with Gasteiger partial charge in [0.2, 0.25) is 0 Å². The van der Waals surface area contributed by atoms with Gasteiger partial charge >= 0.3 is 0 Å². The van der Waals surface area contributed by atoms with E-state index in [1.807, 2.05) is 41.1 Å². The number of benzene rings is 2. The molecule has 0 bridgehead atoms. The summed E-state index contributed by atoms with van der Waals surface area (Å²) in [6.45, 7) is 0. The first-order valence-corrected chi connectivity index (χ1v) is 11.1. The van der Waals surface area contributed by atoms with Gasteiger partial charge in [0.1, 0.15) is 11.8 Å². The van der Waals surface area contributed by atoms with Gasteiger partial charge in [-0.05, 0) is 60.7 Å². The van der Waals surface area contributed by atoms with Gasteiger partial charge in [-0.2, -0.15) is 0 Å². The van der Waals surface area contributed by atoms with Crippen molar-refractivity contribution in [3.63, 3.8) is 0 Å². The SMILES string of the molecule is O=[N+]([O-])c1cccc(-n2cccc2C2C(c3ccccn3)NC(=S)N2c2cc(Cl)ccc2O)c1. The highest BCUT2D eigenvalue weighted by Gasteiger charge is 2.43. The first kappa shape index (κ1) is 21.9. The molecule has 2 atom stereocenters. The maximum absolute atomic E-state index is 11.4. The number of hydrogen-bond donors (Lipinski definition) is 2. The topological polar surface area (TPSA) is 96.5 Å². The number of nitrogens with one attached hydrogen (secondary N) is 1. The molecule has 1 aliphatic heterocycles. The smallest absolute Gasteiger partial charge is 0.271 e. The van der Waals surface area contributed by atoms with Crippen LogP contribution >= 0.6 is 23.8 Å². The van der Waals surface area contributed by atoms with Crippen LogP contribution in [0.1, 0.15) is 23.5 Å². The van der Waals surface area contributed by atoms with E-state index < -0.39 is 11.0 Å². The van der Waals surface area contributed by atoms with Crippen LogP contribution in [0.15, 0.2) is 85.2 Å². The molecule has 1 fully saturated rings. The summed E-state index contributed by atoms with van der Waals surface area (Å²) < 4.78 is 1.87. The molecule has 170 valence electrons. The minimum atomic E-state index is -0.443. The number of anilines is 1. The molecule has 0 spiro atoms. The highest BCUT2D eigenvalue weighted by Crippen LogP contribution is 2.45. The van der Waals surface area contributed by atoms with Crippen molar-refractivity contribution in [2.24, 2.45) is 0 Å². The van der Waals surface area contributed by atoms with Crippen molar-refractivity contribution in [3.05, 3.63) is 112 Å². The first-order chi connectivity index (χ1) is 16.4. The number of aromatic nitrogens is 2. The quantitative estimate of drug-likeness (QED) is 0.221. The Bertz CT molecular complexity index is 1390. The summed E-state index contributed by atoms with van der Waals surface area (Å²) in [6, 6.07) is 19.8. The number of thiocarbonyl (C=S) groups is 1. The summed E-state index contributed by atoms with van der Waals surface area (Å²) in [7, 11) is 0. The zero-order valence-corrected chi connectivity index (χ0v) is 19.1. The number of nitrogens with zero attached hydrogens (tertiary/aromatic N) is 4. The number of phenolic OH excluding ortho intramolecular Hbond substituents is 1. The van der Waals surface area contributed by atoms with Crippen LogP contribution in [-0.4, -0.2) is 24.7 Å². The largest absolute Gasteiger partial charge is 0.506 e. The number of nitro groups is 1. The molecular formula is C24H18ClN5O3S. The molecule has 2 unspecified atom stereocenters. The molecule has 10 heteroatoms. The molecule has 2 aromatic carbocycles. The zero-order valence-electron chi connectivity index (χ0n) is 17.6. The first-order valence-electron chi connectivity index (χ1n) is 10.4. The molecule has 4 aromatic rings. The van der Waals surface area contributed by atoms with Crippen LogP contribution in [-0.2, 0) is 0 Å². The molecule has 0 amide bonds. The Morgan fingerprint density at radius 2 is 1.94 bits per heavy atom. The monoisotopic (exact) mass is 491 g/mol. The molecule has 8 nitrogen and oxygen atoms in total. The van der Waals surface area contributed by atoms with Crippen molar-refractivity contribution in [3.8, 4) is 11.4 Å². The molecule has 0 aliphatic carbocycles. The Morgan fingerprint density at radius 1 is 1.09 bits per heavy atom. The minimum absolute atomic E-state index is 0.0113. The van der Waals surface area contributed by atoms with Gasteiger partial charge in [0.15, 0.2) is 5.11 Å². The zero-order chi connectivity index (χ0) is 23.8. The highest BCUT2D eigenvalue weighted by atomic mass is 35.5. The molecule has 5 rings (SSSR count). The summed E-state index contributed by atoms with van der Waals surface area (Å²) in [4.78, 5) is 17.3. The van der Waals surface area contributed by atoms with Crippen molar-refractivity contribution < 1.29 is 10.0 Å². The Labute approximate surface area is 205 Å². The second kappa shape index (κ2) is 8.77. The van der Waals surface area contributed by atoms with Crippen molar-refractivity contribution in [2.45, 2.75) is 12.1 Å². The molecule has 0 saturated carbocycles. The third kappa shape index (κ3) is 3.85. The molecule has 2 N–H and O–H groups in total. The standard InChI is InChI=1S/C24H18ClN5O3S/c25-15-9-10-21(31)20(13-15)29-23(22(27-24(29)34)18-7-1-2-11-26-18)19-8-4-12-28(19)16-5-3-6-17(14-16)30(32)33/h1-14,22-23,31H,(H,27,34). The van der Waals surface area contributed by atoms with Gasteiger partial charge in [0.25, 0.3) is 5.69 Å². The van der Waals surface area contributed by atoms with E-state index in [0.29, 0.717) is 21.5 Å². The average Bonchev–Trinajstić information content (AvgIpc) is 3.45. The van der Waals surface area contributed by atoms with Crippen molar-refractivity contribution in [1.82, 2.24) is 14.9 Å². The Morgan fingerprint density at radius 3 is 2.71 bits per heavy atom. The summed E-state index contributed by atoms with van der Waals surface area (Å²) in [5.74, 6) is 0.0219. The van der Waals surface area contributed by atoms with E-state index in [9.17, 15) is 15.2 Å². The highest BCUT2D eigenvalue weighted by molar-refractivity contribution is 7.80. The average molecular weight is 492 g/mol. The van der Waals surface area contributed by atoms with Crippen LogP contribution in [0.5, 0.6) is 5.75 Å². The van der Waals surface area contributed by atoms with Gasteiger partial charge in [-0.15, -0.1) is 0 Å². The number of halogens is 1. The third-order valence-corrected chi connectivity index (χ3v) is 6.25. The van der Waals surface area contributed by atoms with Gasteiger partial charge in [-0.25, -0.2) is 0 Å². The second-order valence-electron chi connectivity index (χ2n) is 7.71. The fourth-order valence-electron chi connectivity index (χ4n) is 4.23. The molecule has 2 aromatic heterocycles. The predicted octanol–water partition coefficient (Wildman–Crippen LogP) is 5.32. The lowest BCUT2D eigenvalue weighted by molar-refractivity contribution is -0.384. The Kier molecular flexibility index (Phi) is 5.64. The van der Waals surface area contributed by atoms with Crippen LogP contribution in [0.2, 0.25) is 5.02 Å². The van der Waals surface area contributed by atoms with Crippen LogP contribution in [0.25, 0.3) is 5.69 Å². The minimum Gasteiger partial charge on any atom is -0.506 e. The van der Waals surface area contributed by atoms with E-state index in [1.54, 1.807) is 35.4 Å². The van der Waals surface area contributed by atoms with Crippen LogP contribution in [0, 0.1) is 10.1 Å². The van der Waals surface area contributed by atoms with Crippen molar-refractivity contribution in [2.75, 3.05) is 4.90 Å². The number of nitro benzene ring substituents is 1. The number of hydrogen-bond acceptors (Lipinski definition) is 5. The van der Waals surface area contributed by atoms with E-state index in [2.05, 4.69) is 10.3 Å². The molecular weight excluding hydrogens is 474 g/mol. The Hall–Kier alpha value is -3.95.